The zero-order valence-corrected chi connectivity index (χ0v) is 12.0. The van der Waals surface area contributed by atoms with E-state index in [9.17, 15) is 4.79 Å². The molecule has 0 bridgehead atoms. The van der Waals surface area contributed by atoms with Gasteiger partial charge in [-0.1, -0.05) is 13.8 Å². The van der Waals surface area contributed by atoms with Gasteiger partial charge in [-0.3, -0.25) is 4.79 Å². The number of hydrogen-bond donors (Lipinski definition) is 0. The molecule has 1 aromatic rings. The van der Waals surface area contributed by atoms with Crippen molar-refractivity contribution in [1.82, 2.24) is 4.90 Å². The molecular weight excluding hydrogens is 286 g/mol. The molecule has 16 heavy (non-hydrogen) atoms. The van der Waals surface area contributed by atoms with E-state index in [-0.39, 0.29) is 11.3 Å². The summed E-state index contributed by atoms with van der Waals surface area (Å²) in [6, 6.07) is 1.94. The van der Waals surface area contributed by atoms with Crippen molar-refractivity contribution in [3.05, 3.63) is 20.8 Å². The maximum atomic E-state index is 12.3. The van der Waals surface area contributed by atoms with Gasteiger partial charge in [0.1, 0.15) is 4.88 Å². The first-order chi connectivity index (χ1) is 7.49. The van der Waals surface area contributed by atoms with Crippen LogP contribution < -0.4 is 0 Å². The average molecular weight is 302 g/mol. The predicted molar refractivity (Wildman–Crippen MR) is 70.9 cm³/mol. The lowest BCUT2D eigenvalue weighted by atomic mass is 9.84. The van der Waals surface area contributed by atoms with Gasteiger partial charge in [0.15, 0.2) is 0 Å². The molecule has 1 aliphatic rings. The molecule has 0 unspecified atom stereocenters. The smallest absolute Gasteiger partial charge is 0.265 e. The largest absolute Gasteiger partial charge is 0.337 e. The van der Waals surface area contributed by atoms with E-state index in [1.807, 2.05) is 16.3 Å². The standard InChI is InChI=1S/C12H16BrNOS/c1-12(2)5-3-6-14(8-12)11(15)10-9(13)4-7-16-10/h4,7H,3,5-6,8H2,1-2H3. The van der Waals surface area contributed by atoms with Crippen molar-refractivity contribution in [3.63, 3.8) is 0 Å². The molecule has 0 radical (unpaired) electrons. The van der Waals surface area contributed by atoms with E-state index in [0.29, 0.717) is 0 Å². The van der Waals surface area contributed by atoms with E-state index in [4.69, 9.17) is 0 Å². The van der Waals surface area contributed by atoms with E-state index >= 15 is 0 Å². The van der Waals surface area contributed by atoms with E-state index < -0.39 is 0 Å². The molecule has 2 rings (SSSR count). The van der Waals surface area contributed by atoms with Crippen LogP contribution in [-0.4, -0.2) is 23.9 Å². The van der Waals surface area contributed by atoms with Crippen LogP contribution in [0.25, 0.3) is 0 Å². The molecule has 0 spiro atoms. The molecule has 0 saturated carbocycles. The summed E-state index contributed by atoms with van der Waals surface area (Å²) in [6.45, 7) is 6.23. The number of halogens is 1. The molecule has 0 aromatic carbocycles. The number of likely N-dealkylation sites (tertiary alicyclic amines) is 1. The number of carbonyl (C=O) groups excluding carboxylic acids is 1. The molecule has 2 heterocycles. The van der Waals surface area contributed by atoms with Gasteiger partial charge in [0, 0.05) is 17.6 Å². The Morgan fingerprint density at radius 1 is 1.56 bits per heavy atom. The lowest BCUT2D eigenvalue weighted by molar-refractivity contribution is 0.0587. The summed E-state index contributed by atoms with van der Waals surface area (Å²) < 4.78 is 0.922. The summed E-state index contributed by atoms with van der Waals surface area (Å²) in [6.07, 6.45) is 2.32. The second-order valence-corrected chi connectivity index (χ2v) is 6.86. The van der Waals surface area contributed by atoms with Gasteiger partial charge < -0.3 is 4.90 Å². The highest BCUT2D eigenvalue weighted by Gasteiger charge is 2.30. The van der Waals surface area contributed by atoms with Crippen LogP contribution in [0.5, 0.6) is 0 Å². The Balaban J connectivity index is 2.14. The third-order valence-electron chi connectivity index (χ3n) is 3.00. The maximum absolute atomic E-state index is 12.3. The minimum Gasteiger partial charge on any atom is -0.337 e. The van der Waals surface area contributed by atoms with Gasteiger partial charge in [0.25, 0.3) is 5.91 Å². The van der Waals surface area contributed by atoms with Crippen LogP contribution in [0.4, 0.5) is 0 Å². The first-order valence-electron chi connectivity index (χ1n) is 5.52. The van der Waals surface area contributed by atoms with Crippen LogP contribution >= 0.6 is 27.3 Å². The molecule has 0 aliphatic carbocycles. The number of nitrogens with zero attached hydrogens (tertiary/aromatic N) is 1. The summed E-state index contributed by atoms with van der Waals surface area (Å²) in [4.78, 5) is 15.1. The highest BCUT2D eigenvalue weighted by Crippen LogP contribution is 2.31. The lowest BCUT2D eigenvalue weighted by Crippen LogP contribution is -2.43. The molecule has 4 heteroatoms. The number of piperidine rings is 1. The van der Waals surface area contributed by atoms with Crippen molar-refractivity contribution < 1.29 is 4.79 Å². The van der Waals surface area contributed by atoms with Crippen LogP contribution in [0.2, 0.25) is 0 Å². The van der Waals surface area contributed by atoms with Crippen molar-refractivity contribution in [2.45, 2.75) is 26.7 Å². The van der Waals surface area contributed by atoms with Gasteiger partial charge in [-0.05, 0) is 45.6 Å². The van der Waals surface area contributed by atoms with Gasteiger partial charge in [-0.15, -0.1) is 11.3 Å². The topological polar surface area (TPSA) is 20.3 Å². The summed E-state index contributed by atoms with van der Waals surface area (Å²) in [7, 11) is 0. The summed E-state index contributed by atoms with van der Waals surface area (Å²) in [5.41, 5.74) is 0.262. The molecule has 0 atom stereocenters. The molecule has 1 fully saturated rings. The molecular formula is C12H16BrNOS. The van der Waals surface area contributed by atoms with Crippen molar-refractivity contribution >= 4 is 33.2 Å². The Bertz CT molecular complexity index is 399. The van der Waals surface area contributed by atoms with E-state index in [2.05, 4.69) is 29.8 Å². The monoisotopic (exact) mass is 301 g/mol. The number of carbonyl (C=O) groups is 1. The highest BCUT2D eigenvalue weighted by atomic mass is 79.9. The Morgan fingerprint density at radius 2 is 2.31 bits per heavy atom. The van der Waals surface area contributed by atoms with Crippen molar-refractivity contribution in [1.29, 1.82) is 0 Å². The Kier molecular flexibility index (Phi) is 3.40. The fourth-order valence-electron chi connectivity index (χ4n) is 2.19. The molecule has 88 valence electrons. The van der Waals surface area contributed by atoms with Crippen molar-refractivity contribution in [2.75, 3.05) is 13.1 Å². The first-order valence-corrected chi connectivity index (χ1v) is 7.19. The number of rotatable bonds is 1. The second kappa shape index (κ2) is 4.49. The Hall–Kier alpha value is -0.350. The summed E-state index contributed by atoms with van der Waals surface area (Å²) in [5.74, 6) is 0.176. The number of thiophene rings is 1. The normalized spacial score (nSPS) is 19.8. The van der Waals surface area contributed by atoms with Crippen LogP contribution in [0.3, 0.4) is 0 Å². The maximum Gasteiger partial charge on any atom is 0.265 e. The van der Waals surface area contributed by atoms with Gasteiger partial charge in [0.2, 0.25) is 0 Å². The molecule has 0 N–H and O–H groups in total. The molecule has 2 nitrogen and oxygen atoms in total. The highest BCUT2D eigenvalue weighted by molar-refractivity contribution is 9.10. The van der Waals surface area contributed by atoms with Gasteiger partial charge in [-0.2, -0.15) is 0 Å². The number of hydrogen-bond acceptors (Lipinski definition) is 2. The zero-order valence-electron chi connectivity index (χ0n) is 9.62. The van der Waals surface area contributed by atoms with Crippen LogP contribution in [0.15, 0.2) is 15.9 Å². The van der Waals surface area contributed by atoms with Gasteiger partial charge in [-0.25, -0.2) is 0 Å². The molecule has 1 aromatic heterocycles. The van der Waals surface area contributed by atoms with E-state index in [1.54, 1.807) is 0 Å². The Morgan fingerprint density at radius 3 is 2.88 bits per heavy atom. The van der Waals surface area contributed by atoms with Gasteiger partial charge >= 0.3 is 0 Å². The molecule has 1 saturated heterocycles. The minimum atomic E-state index is 0.176. The zero-order chi connectivity index (χ0) is 11.8. The predicted octanol–water partition coefficient (Wildman–Crippen LogP) is 3.77. The fourth-order valence-corrected chi connectivity index (χ4v) is 3.69. The van der Waals surface area contributed by atoms with Gasteiger partial charge in [0.05, 0.1) is 0 Å². The average Bonchev–Trinajstić information content (AvgIpc) is 2.62. The third-order valence-corrected chi connectivity index (χ3v) is 4.82. The quantitative estimate of drug-likeness (QED) is 0.773. The summed E-state index contributed by atoms with van der Waals surface area (Å²) in [5, 5.41) is 1.95. The molecule has 1 amide bonds. The first kappa shape index (κ1) is 12.1. The van der Waals surface area contributed by atoms with Crippen molar-refractivity contribution in [3.8, 4) is 0 Å². The SMILES string of the molecule is CC1(C)CCCN(C(=O)c2sccc2Br)C1. The second-order valence-electron chi connectivity index (χ2n) is 5.09. The lowest BCUT2D eigenvalue weighted by Gasteiger charge is -2.37. The van der Waals surface area contributed by atoms with E-state index in [0.717, 1.165) is 28.9 Å². The third kappa shape index (κ3) is 2.48. The number of amides is 1. The fraction of sp³-hybridized carbons (Fsp3) is 0.583. The molecule has 1 aliphatic heterocycles. The van der Waals surface area contributed by atoms with Crippen LogP contribution in [0.1, 0.15) is 36.4 Å². The minimum absolute atomic E-state index is 0.176. The van der Waals surface area contributed by atoms with E-state index in [1.165, 1.54) is 17.8 Å². The van der Waals surface area contributed by atoms with Crippen LogP contribution in [-0.2, 0) is 0 Å². The van der Waals surface area contributed by atoms with Crippen molar-refractivity contribution in [2.24, 2.45) is 5.41 Å². The Labute approximate surface area is 109 Å². The summed E-state index contributed by atoms with van der Waals surface area (Å²) >= 11 is 4.94. The van der Waals surface area contributed by atoms with Crippen LogP contribution in [0, 0.1) is 5.41 Å².